The van der Waals surface area contributed by atoms with Crippen molar-refractivity contribution in [1.29, 1.82) is 0 Å². The van der Waals surface area contributed by atoms with Crippen LogP contribution in [0.4, 0.5) is 0 Å². The number of ether oxygens (including phenoxy) is 4. The third-order valence-electron chi connectivity index (χ3n) is 9.18. The first kappa shape index (κ1) is 32.6. The Morgan fingerprint density at radius 1 is 0.543 bits per heavy atom. The van der Waals surface area contributed by atoms with Crippen LogP contribution >= 0.6 is 0 Å². The second-order valence-corrected chi connectivity index (χ2v) is 12.6. The molecule has 0 bridgehead atoms. The normalized spacial score (nSPS) is 22.5. The number of nitrogens with one attached hydrogen (secondary N) is 1. The number of hydrogen-bond acceptors (Lipinski definition) is 6. The molecule has 4 aromatic carbocycles. The number of hydrogen-bond donors (Lipinski definition) is 1. The molecule has 1 N–H and O–H groups in total. The van der Waals surface area contributed by atoms with E-state index < -0.39 is 0 Å². The average molecular weight is 621 g/mol. The smallest absolute Gasteiger partial charge is 0.113 e. The van der Waals surface area contributed by atoms with E-state index in [0.29, 0.717) is 39.0 Å². The predicted molar refractivity (Wildman–Crippen MR) is 182 cm³/mol. The van der Waals surface area contributed by atoms with E-state index in [1.165, 1.54) is 18.4 Å². The second-order valence-electron chi connectivity index (χ2n) is 12.6. The van der Waals surface area contributed by atoms with E-state index in [-0.39, 0.29) is 24.4 Å². The van der Waals surface area contributed by atoms with Gasteiger partial charge in [-0.05, 0) is 54.1 Å². The topological polar surface area (TPSA) is 52.2 Å². The van der Waals surface area contributed by atoms with Gasteiger partial charge >= 0.3 is 0 Å². The fraction of sp³-hybridized carbons (Fsp3) is 0.400. The van der Waals surface area contributed by atoms with Crippen LogP contribution in [0.2, 0.25) is 0 Å². The molecule has 6 rings (SSSR count). The number of nitrogens with zero attached hydrogens (tertiary/aromatic N) is 1. The third kappa shape index (κ3) is 9.58. The highest BCUT2D eigenvalue weighted by molar-refractivity contribution is 5.16. The minimum absolute atomic E-state index is 0.0136. The molecule has 242 valence electrons. The van der Waals surface area contributed by atoms with Gasteiger partial charge in [-0.3, -0.25) is 4.90 Å². The van der Waals surface area contributed by atoms with Crippen molar-refractivity contribution in [3.8, 4) is 0 Å². The molecule has 0 aromatic heterocycles. The first-order valence-corrected chi connectivity index (χ1v) is 16.8. The number of piperidine rings is 2. The fourth-order valence-electron chi connectivity index (χ4n) is 6.65. The third-order valence-corrected chi connectivity index (χ3v) is 9.18. The molecule has 0 aliphatic carbocycles. The zero-order valence-corrected chi connectivity index (χ0v) is 26.8. The Hall–Kier alpha value is -3.36. The maximum absolute atomic E-state index is 6.95. The van der Waals surface area contributed by atoms with Gasteiger partial charge in [0.15, 0.2) is 0 Å². The summed E-state index contributed by atoms with van der Waals surface area (Å²) in [6.07, 6.45) is 1.65. The van der Waals surface area contributed by atoms with E-state index in [2.05, 4.69) is 107 Å². The van der Waals surface area contributed by atoms with Crippen LogP contribution in [0.15, 0.2) is 121 Å². The number of benzene rings is 4. The first-order chi connectivity index (χ1) is 22.8. The molecular weight excluding hydrogens is 572 g/mol. The summed E-state index contributed by atoms with van der Waals surface area (Å²) in [5, 5.41) is 3.54. The van der Waals surface area contributed by atoms with Crippen LogP contribution in [0.1, 0.15) is 35.1 Å². The SMILES string of the molecule is c1ccc(COC[C@H]2[C@@H](OCc3ccccc3)[C@H](OCc3ccccc3)[C@@H](OCc3ccccc3)CN2CC2CCNCC2)cc1. The van der Waals surface area contributed by atoms with Crippen LogP contribution in [0.5, 0.6) is 0 Å². The number of likely N-dealkylation sites (tertiary alicyclic amines) is 1. The summed E-state index contributed by atoms with van der Waals surface area (Å²) >= 11 is 0. The molecule has 46 heavy (non-hydrogen) atoms. The quantitative estimate of drug-likeness (QED) is 0.161. The molecule has 0 radical (unpaired) electrons. The summed E-state index contributed by atoms with van der Waals surface area (Å²) in [4.78, 5) is 2.59. The van der Waals surface area contributed by atoms with Crippen molar-refractivity contribution >= 4 is 0 Å². The van der Waals surface area contributed by atoms with Crippen molar-refractivity contribution in [2.75, 3.05) is 32.8 Å². The minimum Gasteiger partial charge on any atom is -0.375 e. The van der Waals surface area contributed by atoms with Gasteiger partial charge in [0, 0.05) is 13.1 Å². The van der Waals surface area contributed by atoms with Crippen molar-refractivity contribution in [3.63, 3.8) is 0 Å². The summed E-state index contributed by atoms with van der Waals surface area (Å²) in [6, 6.07) is 41.7. The standard InChI is InChI=1S/C40H48N2O4/c1-5-13-33(14-6-1)27-43-31-37-39(45-29-35-17-9-3-10-18-35)40(46-30-36-19-11-4-12-20-36)38(44-28-34-15-7-2-8-16-34)26-42(37)25-32-21-23-41-24-22-32/h1-20,32,37-41H,21-31H2/t37-,38-,39+,40+/m0/s1. The number of rotatable bonds is 15. The van der Waals surface area contributed by atoms with Gasteiger partial charge in [0.25, 0.3) is 0 Å². The highest BCUT2D eigenvalue weighted by Gasteiger charge is 2.46. The molecule has 2 aliphatic heterocycles. The van der Waals surface area contributed by atoms with Gasteiger partial charge in [-0.2, -0.15) is 0 Å². The molecule has 0 amide bonds. The first-order valence-electron chi connectivity index (χ1n) is 16.8. The molecule has 0 saturated carbocycles. The van der Waals surface area contributed by atoms with E-state index >= 15 is 0 Å². The Labute approximate surface area is 274 Å². The van der Waals surface area contributed by atoms with E-state index in [0.717, 1.165) is 42.9 Å². The Balaban J connectivity index is 1.29. The summed E-state index contributed by atoms with van der Waals surface area (Å²) in [7, 11) is 0. The van der Waals surface area contributed by atoms with E-state index in [1.807, 2.05) is 24.3 Å². The minimum atomic E-state index is -0.276. The maximum atomic E-state index is 6.95. The van der Waals surface area contributed by atoms with Crippen molar-refractivity contribution < 1.29 is 18.9 Å². The van der Waals surface area contributed by atoms with Crippen LogP contribution < -0.4 is 5.32 Å². The van der Waals surface area contributed by atoms with Crippen molar-refractivity contribution in [1.82, 2.24) is 10.2 Å². The van der Waals surface area contributed by atoms with Crippen LogP contribution in [-0.4, -0.2) is 62.0 Å². The summed E-state index contributed by atoms with van der Waals surface area (Å²) in [5.41, 5.74) is 4.61. The van der Waals surface area contributed by atoms with E-state index in [9.17, 15) is 0 Å². The highest BCUT2D eigenvalue weighted by Crippen LogP contribution is 2.31. The van der Waals surface area contributed by atoms with Gasteiger partial charge < -0.3 is 24.3 Å². The van der Waals surface area contributed by atoms with Gasteiger partial charge in [-0.15, -0.1) is 0 Å². The molecule has 6 nitrogen and oxygen atoms in total. The Bertz CT molecular complexity index is 1390. The molecule has 2 fully saturated rings. The maximum Gasteiger partial charge on any atom is 0.113 e. The van der Waals surface area contributed by atoms with Crippen LogP contribution in [0.25, 0.3) is 0 Å². The van der Waals surface area contributed by atoms with Crippen molar-refractivity contribution in [2.45, 2.75) is 63.6 Å². The zero-order valence-electron chi connectivity index (χ0n) is 26.8. The molecule has 4 aromatic rings. The summed E-state index contributed by atoms with van der Waals surface area (Å²) in [5.74, 6) is 0.615. The molecule has 6 heteroatoms. The zero-order chi connectivity index (χ0) is 31.2. The lowest BCUT2D eigenvalue weighted by Crippen LogP contribution is -2.65. The van der Waals surface area contributed by atoms with Gasteiger partial charge in [-0.1, -0.05) is 121 Å². The summed E-state index contributed by atoms with van der Waals surface area (Å²) < 4.78 is 27.1. The Morgan fingerprint density at radius 2 is 1.00 bits per heavy atom. The van der Waals surface area contributed by atoms with E-state index in [4.69, 9.17) is 18.9 Å². The molecule has 2 saturated heterocycles. The molecule has 0 spiro atoms. The summed E-state index contributed by atoms with van der Waals surface area (Å²) in [6.45, 7) is 6.52. The van der Waals surface area contributed by atoms with Gasteiger partial charge in [0.05, 0.1) is 45.2 Å². The fourth-order valence-corrected chi connectivity index (χ4v) is 6.65. The lowest BCUT2D eigenvalue weighted by atomic mass is 9.90. The second kappa shape index (κ2) is 17.5. The lowest BCUT2D eigenvalue weighted by Gasteiger charge is -2.49. The van der Waals surface area contributed by atoms with Crippen molar-refractivity contribution in [3.05, 3.63) is 144 Å². The molecular formula is C40H48N2O4. The lowest BCUT2D eigenvalue weighted by molar-refractivity contribution is -0.212. The molecule has 4 atom stereocenters. The molecule has 0 unspecified atom stereocenters. The monoisotopic (exact) mass is 620 g/mol. The Morgan fingerprint density at radius 3 is 1.52 bits per heavy atom. The highest BCUT2D eigenvalue weighted by atomic mass is 16.6. The molecule has 2 heterocycles. The van der Waals surface area contributed by atoms with Crippen LogP contribution in [0.3, 0.4) is 0 Å². The van der Waals surface area contributed by atoms with E-state index in [1.54, 1.807) is 0 Å². The average Bonchev–Trinajstić information content (AvgIpc) is 3.12. The molecule has 2 aliphatic rings. The van der Waals surface area contributed by atoms with Crippen molar-refractivity contribution in [2.24, 2.45) is 5.92 Å². The predicted octanol–water partition coefficient (Wildman–Crippen LogP) is 6.64. The largest absolute Gasteiger partial charge is 0.375 e. The van der Waals surface area contributed by atoms with Gasteiger partial charge in [-0.25, -0.2) is 0 Å². The van der Waals surface area contributed by atoms with Crippen LogP contribution in [-0.2, 0) is 45.4 Å². The van der Waals surface area contributed by atoms with Gasteiger partial charge in [0.1, 0.15) is 12.2 Å². The van der Waals surface area contributed by atoms with Crippen LogP contribution in [0, 0.1) is 5.92 Å². The Kier molecular flexibility index (Phi) is 12.4. The van der Waals surface area contributed by atoms with Gasteiger partial charge in [0.2, 0.25) is 0 Å².